The van der Waals surface area contributed by atoms with E-state index >= 15 is 0 Å². The van der Waals surface area contributed by atoms with Crippen LogP contribution >= 0.6 is 0 Å². The molecule has 2 aromatic carbocycles. The summed E-state index contributed by atoms with van der Waals surface area (Å²) in [6, 6.07) is 12.7. The average molecular weight is 325 g/mol. The Kier molecular flexibility index (Phi) is 4.16. The molecule has 0 aliphatic rings. The van der Waals surface area contributed by atoms with Crippen molar-refractivity contribution in [3.63, 3.8) is 0 Å². The molecule has 1 heterocycles. The molecule has 3 rings (SSSR count). The van der Waals surface area contributed by atoms with Crippen molar-refractivity contribution in [3.05, 3.63) is 52.7 Å². The van der Waals surface area contributed by atoms with Crippen LogP contribution in [0.2, 0.25) is 0 Å². The van der Waals surface area contributed by atoms with Gasteiger partial charge in [-0.2, -0.15) is 0 Å². The molecule has 0 aliphatic carbocycles. The molecule has 0 aliphatic heterocycles. The molecule has 0 saturated heterocycles. The number of benzene rings is 2. The fourth-order valence-electron chi connectivity index (χ4n) is 2.60. The monoisotopic (exact) mass is 325 g/mol. The number of hydrogen-bond acceptors (Lipinski definition) is 5. The highest BCUT2D eigenvalue weighted by Crippen LogP contribution is 2.36. The highest BCUT2D eigenvalue weighted by molar-refractivity contribution is 5.86. The zero-order valence-corrected chi connectivity index (χ0v) is 14.1. The number of rotatable bonds is 4. The summed E-state index contributed by atoms with van der Waals surface area (Å²) in [5.74, 6) is 1.43. The zero-order valence-electron chi connectivity index (χ0n) is 14.1. The number of fused-ring (bicyclic) bond motifs is 1. The van der Waals surface area contributed by atoms with E-state index in [1.165, 1.54) is 13.2 Å². The second kappa shape index (κ2) is 6.28. The third-order valence-corrected chi connectivity index (χ3v) is 3.91. The molecule has 0 spiro atoms. The van der Waals surface area contributed by atoms with Gasteiger partial charge < -0.3 is 18.8 Å². The standard InChI is InChI=1S/C19H19NO4/c1-20(2)13-7-5-12(6-8-13)17-11-15(21)14-9-10-16(22-3)19(23-4)18(14)24-17/h5-11H,1-4H3. The summed E-state index contributed by atoms with van der Waals surface area (Å²) in [4.78, 5) is 14.5. The molecule has 0 bridgehead atoms. The minimum atomic E-state index is -0.121. The van der Waals surface area contributed by atoms with Gasteiger partial charge in [-0.15, -0.1) is 0 Å². The van der Waals surface area contributed by atoms with E-state index in [2.05, 4.69) is 0 Å². The van der Waals surface area contributed by atoms with Crippen molar-refractivity contribution >= 4 is 16.7 Å². The van der Waals surface area contributed by atoms with Crippen LogP contribution in [0.5, 0.6) is 11.5 Å². The maximum absolute atomic E-state index is 12.5. The molecule has 0 atom stereocenters. The number of methoxy groups -OCH3 is 2. The lowest BCUT2D eigenvalue weighted by atomic mass is 10.1. The van der Waals surface area contributed by atoms with Crippen LogP contribution in [0.1, 0.15) is 0 Å². The van der Waals surface area contributed by atoms with E-state index in [0.29, 0.717) is 28.2 Å². The molecule has 24 heavy (non-hydrogen) atoms. The van der Waals surface area contributed by atoms with Crippen LogP contribution in [0.25, 0.3) is 22.3 Å². The summed E-state index contributed by atoms with van der Waals surface area (Å²) in [7, 11) is 7.02. The first-order chi connectivity index (χ1) is 11.5. The normalized spacial score (nSPS) is 10.7. The lowest BCUT2D eigenvalue weighted by molar-refractivity contribution is 0.353. The van der Waals surface area contributed by atoms with Gasteiger partial charge in [0, 0.05) is 31.4 Å². The maximum Gasteiger partial charge on any atom is 0.204 e. The topological polar surface area (TPSA) is 51.9 Å². The summed E-state index contributed by atoms with van der Waals surface area (Å²) in [5, 5.41) is 0.460. The summed E-state index contributed by atoms with van der Waals surface area (Å²) >= 11 is 0. The Balaban J connectivity index is 2.20. The Morgan fingerprint density at radius 3 is 2.25 bits per heavy atom. The fraction of sp³-hybridized carbons (Fsp3) is 0.211. The van der Waals surface area contributed by atoms with Crippen LogP contribution in [0.4, 0.5) is 5.69 Å². The predicted molar refractivity (Wildman–Crippen MR) is 95.4 cm³/mol. The Bertz CT molecular complexity index is 926. The van der Waals surface area contributed by atoms with Crippen molar-refractivity contribution in [2.45, 2.75) is 0 Å². The Labute approximate surface area is 140 Å². The second-order valence-electron chi connectivity index (χ2n) is 5.59. The van der Waals surface area contributed by atoms with Gasteiger partial charge in [-0.3, -0.25) is 4.79 Å². The van der Waals surface area contributed by atoms with Crippen LogP contribution in [-0.2, 0) is 0 Å². The molecule has 5 nitrogen and oxygen atoms in total. The van der Waals surface area contributed by atoms with Crippen LogP contribution in [0.3, 0.4) is 0 Å². The van der Waals surface area contributed by atoms with E-state index < -0.39 is 0 Å². The molecule has 0 unspecified atom stereocenters. The lowest BCUT2D eigenvalue weighted by Gasteiger charge is -2.13. The quantitative estimate of drug-likeness (QED) is 0.734. The van der Waals surface area contributed by atoms with Crippen molar-refractivity contribution in [2.24, 2.45) is 0 Å². The molecule has 0 fully saturated rings. The molecule has 5 heteroatoms. The first-order valence-electron chi connectivity index (χ1n) is 7.51. The Hall–Kier alpha value is -2.95. The molecular formula is C19H19NO4. The first kappa shape index (κ1) is 15.9. The molecule has 124 valence electrons. The first-order valence-corrected chi connectivity index (χ1v) is 7.51. The van der Waals surface area contributed by atoms with E-state index in [1.54, 1.807) is 19.2 Å². The minimum absolute atomic E-state index is 0.121. The number of nitrogens with zero attached hydrogens (tertiary/aromatic N) is 1. The van der Waals surface area contributed by atoms with Crippen LogP contribution in [0, 0.1) is 0 Å². The zero-order chi connectivity index (χ0) is 17.3. The molecule has 0 saturated carbocycles. The maximum atomic E-state index is 12.5. The third-order valence-electron chi connectivity index (χ3n) is 3.91. The molecule has 0 amide bonds. The highest BCUT2D eigenvalue weighted by Gasteiger charge is 2.15. The summed E-state index contributed by atoms with van der Waals surface area (Å²) in [5.41, 5.74) is 2.16. The highest BCUT2D eigenvalue weighted by atomic mass is 16.5. The average Bonchev–Trinajstić information content (AvgIpc) is 2.60. The van der Waals surface area contributed by atoms with Crippen LogP contribution in [0.15, 0.2) is 51.7 Å². The molecule has 0 radical (unpaired) electrons. The van der Waals surface area contributed by atoms with E-state index in [-0.39, 0.29) is 5.43 Å². The van der Waals surface area contributed by atoms with Gasteiger partial charge in [-0.1, -0.05) is 0 Å². The van der Waals surface area contributed by atoms with E-state index in [9.17, 15) is 4.79 Å². The van der Waals surface area contributed by atoms with E-state index in [0.717, 1.165) is 11.3 Å². The van der Waals surface area contributed by atoms with Crippen molar-refractivity contribution in [1.29, 1.82) is 0 Å². The van der Waals surface area contributed by atoms with E-state index in [4.69, 9.17) is 13.9 Å². The summed E-state index contributed by atoms with van der Waals surface area (Å²) in [6.45, 7) is 0. The molecule has 1 aromatic heterocycles. The SMILES string of the molecule is COc1ccc2c(=O)cc(-c3ccc(N(C)C)cc3)oc2c1OC. The predicted octanol–water partition coefficient (Wildman–Crippen LogP) is 3.54. The summed E-state index contributed by atoms with van der Waals surface area (Å²) in [6.07, 6.45) is 0. The third kappa shape index (κ3) is 2.69. The van der Waals surface area contributed by atoms with Crippen molar-refractivity contribution in [2.75, 3.05) is 33.2 Å². The summed E-state index contributed by atoms with van der Waals surface area (Å²) < 4.78 is 16.6. The van der Waals surface area contributed by atoms with Gasteiger partial charge in [0.05, 0.1) is 19.6 Å². The van der Waals surface area contributed by atoms with Crippen molar-refractivity contribution in [1.82, 2.24) is 0 Å². The second-order valence-corrected chi connectivity index (χ2v) is 5.59. The number of anilines is 1. The van der Waals surface area contributed by atoms with Gasteiger partial charge in [-0.25, -0.2) is 0 Å². The molecular weight excluding hydrogens is 306 g/mol. The Morgan fingerprint density at radius 2 is 1.67 bits per heavy atom. The largest absolute Gasteiger partial charge is 0.493 e. The Morgan fingerprint density at radius 1 is 0.958 bits per heavy atom. The van der Waals surface area contributed by atoms with Crippen LogP contribution < -0.4 is 19.8 Å². The smallest absolute Gasteiger partial charge is 0.204 e. The molecule has 3 aromatic rings. The number of hydrogen-bond donors (Lipinski definition) is 0. The van der Waals surface area contributed by atoms with Gasteiger partial charge >= 0.3 is 0 Å². The van der Waals surface area contributed by atoms with Crippen LogP contribution in [-0.4, -0.2) is 28.3 Å². The minimum Gasteiger partial charge on any atom is -0.493 e. The van der Waals surface area contributed by atoms with Crippen molar-refractivity contribution in [3.8, 4) is 22.8 Å². The van der Waals surface area contributed by atoms with Gasteiger partial charge in [-0.05, 0) is 36.4 Å². The van der Waals surface area contributed by atoms with Gasteiger partial charge in [0.2, 0.25) is 5.75 Å². The molecule has 0 N–H and O–H groups in total. The number of ether oxygens (including phenoxy) is 2. The van der Waals surface area contributed by atoms with E-state index in [1.807, 2.05) is 43.3 Å². The lowest BCUT2D eigenvalue weighted by Crippen LogP contribution is -2.08. The van der Waals surface area contributed by atoms with Gasteiger partial charge in [0.25, 0.3) is 0 Å². The van der Waals surface area contributed by atoms with Gasteiger partial charge in [0.1, 0.15) is 5.76 Å². The van der Waals surface area contributed by atoms with Gasteiger partial charge in [0.15, 0.2) is 16.8 Å². The van der Waals surface area contributed by atoms with Crippen molar-refractivity contribution < 1.29 is 13.9 Å². The fourth-order valence-corrected chi connectivity index (χ4v) is 2.60.